The summed E-state index contributed by atoms with van der Waals surface area (Å²) in [5.41, 5.74) is 0.718. The highest BCUT2D eigenvalue weighted by molar-refractivity contribution is 8.00. The number of hydrogen-bond donors (Lipinski definition) is 1. The Bertz CT molecular complexity index is 815. The normalized spacial score (nSPS) is 11.9. The quantitative estimate of drug-likeness (QED) is 0.654. The summed E-state index contributed by atoms with van der Waals surface area (Å²) in [5.74, 6) is 1.44. The van der Waals surface area contributed by atoms with E-state index in [-0.39, 0.29) is 11.2 Å². The van der Waals surface area contributed by atoms with Crippen molar-refractivity contribution in [2.24, 2.45) is 0 Å². The van der Waals surface area contributed by atoms with Crippen molar-refractivity contribution in [3.05, 3.63) is 54.7 Å². The Balaban J connectivity index is 1.60. The number of nitrogens with one attached hydrogen (secondary N) is 1. The molecule has 1 amide bonds. The van der Waals surface area contributed by atoms with Crippen molar-refractivity contribution in [3.63, 3.8) is 0 Å². The smallest absolute Gasteiger partial charge is 0.237 e. The van der Waals surface area contributed by atoms with E-state index in [1.165, 1.54) is 11.8 Å². The van der Waals surface area contributed by atoms with Crippen LogP contribution in [0.5, 0.6) is 5.75 Å². The maximum atomic E-state index is 12.4. The highest BCUT2D eigenvalue weighted by Crippen LogP contribution is 2.23. The topological polar surface area (TPSA) is 82.2 Å². The molecule has 1 atom stereocenters. The Morgan fingerprint density at radius 2 is 2.16 bits per heavy atom. The standard InChI is InChI=1S/C17H18N4O3S/c1-12(16(22)19-13-5-7-14(23-2)8-6-13)25-17-20-18-11-21(17)10-15-4-3-9-24-15/h3-9,11-12H,10H2,1-2H3,(H,19,22). The van der Waals surface area contributed by atoms with Gasteiger partial charge in [-0.2, -0.15) is 0 Å². The highest BCUT2D eigenvalue weighted by atomic mass is 32.2. The second-order valence-electron chi connectivity index (χ2n) is 5.30. The lowest BCUT2D eigenvalue weighted by atomic mass is 10.3. The third kappa shape index (κ3) is 4.42. The van der Waals surface area contributed by atoms with E-state index in [1.807, 2.05) is 23.6 Å². The average Bonchev–Trinajstić information content (AvgIpc) is 3.28. The van der Waals surface area contributed by atoms with Crippen molar-refractivity contribution in [1.82, 2.24) is 14.8 Å². The lowest BCUT2D eigenvalue weighted by Crippen LogP contribution is -2.22. The monoisotopic (exact) mass is 358 g/mol. The van der Waals surface area contributed by atoms with Gasteiger partial charge in [0, 0.05) is 5.69 Å². The second-order valence-corrected chi connectivity index (χ2v) is 6.61. The van der Waals surface area contributed by atoms with Crippen LogP contribution < -0.4 is 10.1 Å². The zero-order chi connectivity index (χ0) is 17.6. The minimum absolute atomic E-state index is 0.109. The van der Waals surface area contributed by atoms with Gasteiger partial charge in [0.2, 0.25) is 5.91 Å². The predicted octanol–water partition coefficient (Wildman–Crippen LogP) is 3.05. The number of benzene rings is 1. The molecule has 0 radical (unpaired) electrons. The average molecular weight is 358 g/mol. The van der Waals surface area contributed by atoms with Crippen LogP contribution in [0.25, 0.3) is 0 Å². The van der Waals surface area contributed by atoms with E-state index in [0.29, 0.717) is 11.7 Å². The lowest BCUT2D eigenvalue weighted by molar-refractivity contribution is -0.115. The first kappa shape index (κ1) is 17.1. The molecule has 0 aliphatic heterocycles. The number of furan rings is 1. The molecular formula is C17H18N4O3S. The molecule has 0 bridgehead atoms. The van der Waals surface area contributed by atoms with Crippen molar-refractivity contribution < 1.29 is 13.9 Å². The van der Waals surface area contributed by atoms with Crippen molar-refractivity contribution in [1.29, 1.82) is 0 Å². The predicted molar refractivity (Wildman–Crippen MR) is 94.8 cm³/mol. The van der Waals surface area contributed by atoms with Gasteiger partial charge in [-0.25, -0.2) is 0 Å². The molecule has 0 saturated carbocycles. The Hall–Kier alpha value is -2.74. The van der Waals surface area contributed by atoms with Crippen LogP contribution >= 0.6 is 11.8 Å². The van der Waals surface area contributed by atoms with Crippen LogP contribution in [0.4, 0.5) is 5.69 Å². The minimum Gasteiger partial charge on any atom is -0.497 e. The van der Waals surface area contributed by atoms with E-state index in [4.69, 9.17) is 9.15 Å². The molecule has 1 N–H and O–H groups in total. The number of methoxy groups -OCH3 is 1. The third-order valence-electron chi connectivity index (χ3n) is 3.50. The minimum atomic E-state index is -0.332. The fourth-order valence-electron chi connectivity index (χ4n) is 2.14. The molecule has 1 aromatic carbocycles. The molecule has 0 fully saturated rings. The summed E-state index contributed by atoms with van der Waals surface area (Å²) in [6, 6.07) is 10.9. The van der Waals surface area contributed by atoms with Crippen LogP contribution in [0, 0.1) is 0 Å². The molecule has 3 aromatic rings. The summed E-state index contributed by atoms with van der Waals surface area (Å²) in [6.07, 6.45) is 3.25. The third-order valence-corrected chi connectivity index (χ3v) is 4.59. The first-order chi connectivity index (χ1) is 12.2. The molecule has 8 heteroatoms. The van der Waals surface area contributed by atoms with E-state index >= 15 is 0 Å². The number of nitrogens with zero attached hydrogens (tertiary/aromatic N) is 3. The number of hydrogen-bond acceptors (Lipinski definition) is 6. The summed E-state index contributed by atoms with van der Waals surface area (Å²) >= 11 is 1.34. The molecule has 0 aliphatic carbocycles. The van der Waals surface area contributed by atoms with E-state index in [1.54, 1.807) is 44.0 Å². The van der Waals surface area contributed by atoms with Crippen LogP contribution in [-0.2, 0) is 11.3 Å². The number of carbonyl (C=O) groups excluding carboxylic acids is 1. The molecular weight excluding hydrogens is 340 g/mol. The number of thioether (sulfide) groups is 1. The first-order valence-electron chi connectivity index (χ1n) is 7.67. The number of rotatable bonds is 7. The number of carbonyl (C=O) groups is 1. The zero-order valence-corrected chi connectivity index (χ0v) is 14.7. The van der Waals surface area contributed by atoms with Crippen molar-refractivity contribution in [2.45, 2.75) is 23.9 Å². The fourth-order valence-corrected chi connectivity index (χ4v) is 2.97. The highest BCUT2D eigenvalue weighted by Gasteiger charge is 2.18. The van der Waals surface area contributed by atoms with Gasteiger partial charge in [-0.1, -0.05) is 11.8 Å². The second kappa shape index (κ2) is 7.89. The van der Waals surface area contributed by atoms with Gasteiger partial charge in [-0.3, -0.25) is 4.79 Å². The molecule has 2 heterocycles. The van der Waals surface area contributed by atoms with Crippen LogP contribution in [0.3, 0.4) is 0 Å². The van der Waals surface area contributed by atoms with Gasteiger partial charge in [0.1, 0.15) is 17.8 Å². The van der Waals surface area contributed by atoms with Gasteiger partial charge in [0.15, 0.2) is 5.16 Å². The number of aromatic nitrogens is 3. The molecule has 7 nitrogen and oxygen atoms in total. The number of amides is 1. The SMILES string of the molecule is COc1ccc(NC(=O)C(C)Sc2nncn2Cc2ccco2)cc1. The van der Waals surface area contributed by atoms with Gasteiger partial charge < -0.3 is 19.0 Å². The van der Waals surface area contributed by atoms with Crippen LogP contribution in [0.1, 0.15) is 12.7 Å². The summed E-state index contributed by atoms with van der Waals surface area (Å²) in [7, 11) is 1.60. The van der Waals surface area contributed by atoms with Gasteiger partial charge in [0.25, 0.3) is 0 Å². The Morgan fingerprint density at radius 1 is 1.36 bits per heavy atom. The van der Waals surface area contributed by atoms with E-state index in [2.05, 4.69) is 15.5 Å². The van der Waals surface area contributed by atoms with Crippen LogP contribution in [0.15, 0.2) is 58.6 Å². The molecule has 0 spiro atoms. The summed E-state index contributed by atoms with van der Waals surface area (Å²) in [4.78, 5) is 12.4. The maximum Gasteiger partial charge on any atom is 0.237 e. The number of ether oxygens (including phenoxy) is 1. The van der Waals surface area contributed by atoms with E-state index < -0.39 is 0 Å². The molecule has 0 aliphatic rings. The molecule has 1 unspecified atom stereocenters. The van der Waals surface area contributed by atoms with E-state index in [0.717, 1.165) is 17.2 Å². The van der Waals surface area contributed by atoms with Gasteiger partial charge >= 0.3 is 0 Å². The van der Waals surface area contributed by atoms with Crippen molar-refractivity contribution >= 4 is 23.4 Å². The summed E-state index contributed by atoms with van der Waals surface area (Å²) in [5, 5.41) is 11.2. The molecule has 0 saturated heterocycles. The molecule has 3 rings (SSSR count). The maximum absolute atomic E-state index is 12.4. The van der Waals surface area contributed by atoms with Crippen molar-refractivity contribution in [3.8, 4) is 5.75 Å². The lowest BCUT2D eigenvalue weighted by Gasteiger charge is -2.12. The fraction of sp³-hybridized carbons (Fsp3) is 0.235. The summed E-state index contributed by atoms with van der Waals surface area (Å²) < 4.78 is 12.3. The van der Waals surface area contributed by atoms with E-state index in [9.17, 15) is 4.79 Å². The van der Waals surface area contributed by atoms with Crippen molar-refractivity contribution in [2.75, 3.05) is 12.4 Å². The van der Waals surface area contributed by atoms with Crippen LogP contribution in [-0.4, -0.2) is 33.0 Å². The van der Waals surface area contributed by atoms with Crippen LogP contribution in [0.2, 0.25) is 0 Å². The zero-order valence-electron chi connectivity index (χ0n) is 13.9. The van der Waals surface area contributed by atoms with Gasteiger partial charge in [-0.05, 0) is 43.3 Å². The number of anilines is 1. The molecule has 2 aromatic heterocycles. The largest absolute Gasteiger partial charge is 0.497 e. The first-order valence-corrected chi connectivity index (χ1v) is 8.55. The molecule has 130 valence electrons. The molecule has 25 heavy (non-hydrogen) atoms. The van der Waals surface area contributed by atoms with Gasteiger partial charge in [0.05, 0.1) is 25.2 Å². The Morgan fingerprint density at radius 3 is 2.84 bits per heavy atom. The Labute approximate surface area is 149 Å². The Kier molecular flexibility index (Phi) is 5.39. The van der Waals surface area contributed by atoms with Gasteiger partial charge in [-0.15, -0.1) is 10.2 Å². The summed E-state index contributed by atoms with van der Waals surface area (Å²) in [6.45, 7) is 2.35.